The quantitative estimate of drug-likeness (QED) is 0.721. The summed E-state index contributed by atoms with van der Waals surface area (Å²) in [4.78, 5) is 12.1. The number of hydrogen-bond donors (Lipinski definition) is 1. The van der Waals surface area contributed by atoms with Gasteiger partial charge in [-0.15, -0.1) is 0 Å². The van der Waals surface area contributed by atoms with Crippen molar-refractivity contribution in [3.05, 3.63) is 11.9 Å². The van der Waals surface area contributed by atoms with Crippen LogP contribution in [0.3, 0.4) is 0 Å². The van der Waals surface area contributed by atoms with Crippen LogP contribution in [0, 0.1) is 5.92 Å². The Hall–Kier alpha value is -1.36. The molecule has 94 valence electrons. The molecule has 1 aliphatic rings. The second kappa shape index (κ2) is 5.31. The SMILES string of the molecule is CCn1ncc(OC)c1C(=O)CNCC1CC1. The highest BCUT2D eigenvalue weighted by Gasteiger charge is 2.22. The van der Waals surface area contributed by atoms with Crippen molar-refractivity contribution >= 4 is 5.78 Å². The standard InChI is InChI=1S/C12H19N3O2/c1-3-15-12(11(17-2)8-14-15)10(16)7-13-6-9-4-5-9/h8-9,13H,3-7H2,1-2H3. The number of hydrogen-bond acceptors (Lipinski definition) is 4. The van der Waals surface area contributed by atoms with Crippen molar-refractivity contribution in [2.75, 3.05) is 20.2 Å². The van der Waals surface area contributed by atoms with Crippen LogP contribution in [-0.4, -0.2) is 35.8 Å². The number of rotatable bonds is 7. The molecular formula is C12H19N3O2. The molecule has 1 heterocycles. The van der Waals surface area contributed by atoms with Crippen molar-refractivity contribution in [2.45, 2.75) is 26.3 Å². The lowest BCUT2D eigenvalue weighted by Gasteiger charge is -2.07. The number of Topliss-reactive ketones (excluding diaryl/α,β-unsaturated/α-hetero) is 1. The Morgan fingerprint density at radius 3 is 3.00 bits per heavy atom. The first-order valence-electron chi connectivity index (χ1n) is 6.10. The van der Waals surface area contributed by atoms with Gasteiger partial charge < -0.3 is 10.1 Å². The number of carbonyl (C=O) groups is 1. The van der Waals surface area contributed by atoms with E-state index >= 15 is 0 Å². The van der Waals surface area contributed by atoms with Gasteiger partial charge in [0.05, 0.1) is 19.9 Å². The fraction of sp³-hybridized carbons (Fsp3) is 0.667. The minimum atomic E-state index is 0.0434. The second-order valence-corrected chi connectivity index (χ2v) is 4.37. The minimum absolute atomic E-state index is 0.0434. The summed E-state index contributed by atoms with van der Waals surface area (Å²) in [6.45, 7) is 3.93. The molecule has 1 aliphatic carbocycles. The first kappa shape index (κ1) is 12.1. The largest absolute Gasteiger partial charge is 0.493 e. The zero-order chi connectivity index (χ0) is 12.3. The van der Waals surface area contributed by atoms with E-state index in [4.69, 9.17) is 4.74 Å². The lowest BCUT2D eigenvalue weighted by molar-refractivity contribution is 0.0977. The third kappa shape index (κ3) is 2.85. The highest BCUT2D eigenvalue weighted by atomic mass is 16.5. The summed E-state index contributed by atoms with van der Waals surface area (Å²) in [5.41, 5.74) is 0.568. The molecule has 0 unspecified atom stereocenters. The average molecular weight is 237 g/mol. The van der Waals surface area contributed by atoms with Crippen LogP contribution >= 0.6 is 0 Å². The smallest absolute Gasteiger partial charge is 0.198 e. The van der Waals surface area contributed by atoms with Gasteiger partial charge >= 0.3 is 0 Å². The van der Waals surface area contributed by atoms with E-state index in [1.165, 1.54) is 12.8 Å². The molecule has 0 aliphatic heterocycles. The van der Waals surface area contributed by atoms with Crippen molar-refractivity contribution < 1.29 is 9.53 Å². The number of ketones is 1. The first-order valence-corrected chi connectivity index (χ1v) is 6.10. The maximum atomic E-state index is 12.1. The van der Waals surface area contributed by atoms with Crippen LogP contribution < -0.4 is 10.1 Å². The molecule has 1 N–H and O–H groups in total. The van der Waals surface area contributed by atoms with Crippen LogP contribution in [0.1, 0.15) is 30.3 Å². The van der Waals surface area contributed by atoms with E-state index in [2.05, 4.69) is 10.4 Å². The van der Waals surface area contributed by atoms with Gasteiger partial charge in [0.25, 0.3) is 0 Å². The summed E-state index contributed by atoms with van der Waals surface area (Å²) in [6.07, 6.45) is 4.17. The van der Waals surface area contributed by atoms with Crippen molar-refractivity contribution in [2.24, 2.45) is 5.92 Å². The maximum absolute atomic E-state index is 12.1. The van der Waals surface area contributed by atoms with Gasteiger partial charge in [0.1, 0.15) is 5.69 Å². The fourth-order valence-corrected chi connectivity index (χ4v) is 1.83. The first-order chi connectivity index (χ1) is 8.26. The van der Waals surface area contributed by atoms with Crippen molar-refractivity contribution in [1.29, 1.82) is 0 Å². The second-order valence-electron chi connectivity index (χ2n) is 4.37. The van der Waals surface area contributed by atoms with Gasteiger partial charge in [-0.25, -0.2) is 0 Å². The number of nitrogens with one attached hydrogen (secondary N) is 1. The highest BCUT2D eigenvalue weighted by molar-refractivity contribution is 5.98. The molecule has 1 fully saturated rings. The summed E-state index contributed by atoms with van der Waals surface area (Å²) in [5, 5.41) is 7.32. The summed E-state index contributed by atoms with van der Waals surface area (Å²) in [7, 11) is 1.56. The van der Waals surface area contributed by atoms with Crippen molar-refractivity contribution in [3.63, 3.8) is 0 Å². The van der Waals surface area contributed by atoms with Gasteiger partial charge in [-0.05, 0) is 32.2 Å². The lowest BCUT2D eigenvalue weighted by atomic mass is 10.2. The van der Waals surface area contributed by atoms with Gasteiger partial charge in [-0.1, -0.05) is 0 Å². The third-order valence-corrected chi connectivity index (χ3v) is 3.00. The normalized spacial score (nSPS) is 14.9. The molecule has 0 amide bonds. The van der Waals surface area contributed by atoms with Crippen LogP contribution in [0.5, 0.6) is 5.75 Å². The Bertz CT molecular complexity index is 375. The third-order valence-electron chi connectivity index (χ3n) is 3.00. The Balaban J connectivity index is 1.97. The lowest BCUT2D eigenvalue weighted by Crippen LogP contribution is -2.27. The van der Waals surface area contributed by atoms with Gasteiger partial charge in [0.15, 0.2) is 11.5 Å². The number of aryl methyl sites for hydroxylation is 1. The molecule has 1 aromatic rings. The number of nitrogens with zero attached hydrogens (tertiary/aromatic N) is 2. The molecule has 0 spiro atoms. The Morgan fingerprint density at radius 2 is 2.41 bits per heavy atom. The molecule has 1 saturated carbocycles. The molecule has 0 bridgehead atoms. The molecular weight excluding hydrogens is 218 g/mol. The predicted octanol–water partition coefficient (Wildman–Crippen LogP) is 1.09. The van der Waals surface area contributed by atoms with Crippen LogP contribution in [-0.2, 0) is 6.54 Å². The Morgan fingerprint density at radius 1 is 1.65 bits per heavy atom. The zero-order valence-corrected chi connectivity index (χ0v) is 10.4. The van der Waals surface area contributed by atoms with E-state index in [-0.39, 0.29) is 5.78 Å². The molecule has 0 radical (unpaired) electrons. The monoisotopic (exact) mass is 237 g/mol. The summed E-state index contributed by atoms with van der Waals surface area (Å²) >= 11 is 0. The summed E-state index contributed by atoms with van der Waals surface area (Å²) < 4.78 is 6.84. The van der Waals surface area contributed by atoms with Crippen molar-refractivity contribution in [3.8, 4) is 5.75 Å². The topological polar surface area (TPSA) is 56.2 Å². The molecule has 0 aromatic carbocycles. The molecule has 17 heavy (non-hydrogen) atoms. The zero-order valence-electron chi connectivity index (χ0n) is 10.4. The number of carbonyl (C=O) groups excluding carboxylic acids is 1. The summed E-state index contributed by atoms with van der Waals surface area (Å²) in [5.74, 6) is 1.38. The van der Waals surface area contributed by atoms with Crippen LogP contribution in [0.25, 0.3) is 0 Å². The Kier molecular flexibility index (Phi) is 3.78. The maximum Gasteiger partial charge on any atom is 0.198 e. The van der Waals surface area contributed by atoms with Gasteiger partial charge in [0.2, 0.25) is 0 Å². The van der Waals surface area contributed by atoms with Gasteiger partial charge in [-0.2, -0.15) is 5.10 Å². The van der Waals surface area contributed by atoms with Gasteiger partial charge in [0, 0.05) is 6.54 Å². The van der Waals surface area contributed by atoms with E-state index in [1.54, 1.807) is 18.0 Å². The van der Waals surface area contributed by atoms with Crippen LogP contribution in [0.4, 0.5) is 0 Å². The van der Waals surface area contributed by atoms with Crippen molar-refractivity contribution in [1.82, 2.24) is 15.1 Å². The predicted molar refractivity (Wildman–Crippen MR) is 64.4 cm³/mol. The molecule has 0 atom stereocenters. The molecule has 5 heteroatoms. The van der Waals surface area contributed by atoms with E-state index < -0.39 is 0 Å². The van der Waals surface area contributed by atoms with Crippen LogP contribution in [0.15, 0.2) is 6.20 Å². The molecule has 5 nitrogen and oxygen atoms in total. The summed E-state index contributed by atoms with van der Waals surface area (Å²) in [6, 6.07) is 0. The number of aromatic nitrogens is 2. The van der Waals surface area contributed by atoms with E-state index in [0.717, 1.165) is 12.5 Å². The van der Waals surface area contributed by atoms with Gasteiger partial charge in [-0.3, -0.25) is 9.48 Å². The molecule has 1 aromatic heterocycles. The molecule has 0 saturated heterocycles. The minimum Gasteiger partial charge on any atom is -0.493 e. The van der Waals surface area contributed by atoms with E-state index in [0.29, 0.717) is 24.5 Å². The Labute approximate surface area is 101 Å². The average Bonchev–Trinajstić information content (AvgIpc) is 3.06. The number of methoxy groups -OCH3 is 1. The molecule has 2 rings (SSSR count). The van der Waals surface area contributed by atoms with E-state index in [9.17, 15) is 4.79 Å². The highest BCUT2D eigenvalue weighted by Crippen LogP contribution is 2.27. The van der Waals surface area contributed by atoms with E-state index in [1.807, 2.05) is 6.92 Å². The number of ether oxygens (including phenoxy) is 1. The fourth-order valence-electron chi connectivity index (χ4n) is 1.83. The van der Waals surface area contributed by atoms with Crippen LogP contribution in [0.2, 0.25) is 0 Å².